The fourth-order valence-electron chi connectivity index (χ4n) is 3.00. The third kappa shape index (κ3) is 3.75. The van der Waals surface area contributed by atoms with E-state index in [4.69, 9.17) is 9.72 Å². The molecule has 0 spiro atoms. The minimum atomic E-state index is -0.324. The summed E-state index contributed by atoms with van der Waals surface area (Å²) >= 11 is 1.93. The van der Waals surface area contributed by atoms with Gasteiger partial charge in [-0.05, 0) is 13.8 Å². The summed E-state index contributed by atoms with van der Waals surface area (Å²) < 4.78 is 5.25. The average molecular weight is 351 g/mol. The lowest BCUT2D eigenvalue weighted by Gasteiger charge is -2.32. The van der Waals surface area contributed by atoms with E-state index in [1.54, 1.807) is 0 Å². The van der Waals surface area contributed by atoms with Crippen molar-refractivity contribution < 1.29 is 9.53 Å². The fourth-order valence-corrected chi connectivity index (χ4v) is 3.90. The lowest BCUT2D eigenvalue weighted by molar-refractivity contribution is 0.0525. The zero-order chi connectivity index (χ0) is 16.9. The molecule has 8 heteroatoms. The Labute approximate surface area is 147 Å². The Morgan fingerprint density at radius 3 is 2.54 bits per heavy atom. The van der Waals surface area contributed by atoms with Crippen molar-refractivity contribution in [1.82, 2.24) is 15.3 Å². The first-order chi connectivity index (χ1) is 11.7. The van der Waals surface area contributed by atoms with Gasteiger partial charge in [-0.25, -0.2) is 9.78 Å². The number of rotatable bonds is 4. The summed E-state index contributed by atoms with van der Waals surface area (Å²) in [4.78, 5) is 26.2. The van der Waals surface area contributed by atoms with Gasteiger partial charge in [0, 0.05) is 50.8 Å². The van der Waals surface area contributed by atoms with Crippen LogP contribution < -0.4 is 15.1 Å². The first-order valence-corrected chi connectivity index (χ1v) is 9.70. The predicted octanol–water partition coefficient (Wildman–Crippen LogP) is 0.925. The van der Waals surface area contributed by atoms with Crippen LogP contribution in [0, 0.1) is 6.92 Å². The van der Waals surface area contributed by atoms with Crippen LogP contribution in [-0.4, -0.2) is 73.3 Å². The summed E-state index contributed by atoms with van der Waals surface area (Å²) in [6.07, 6.45) is 0. The van der Waals surface area contributed by atoms with Crippen molar-refractivity contribution in [2.24, 2.45) is 0 Å². The molecule has 0 bridgehead atoms. The standard InChI is InChI=1S/C16H25N5O2S/c1-3-23-15(22)13-12(2)18-16(21-6-4-17-5-7-21)19-14(13)20-8-10-24-11-9-20/h17H,3-11H2,1-2H3. The molecule has 3 rings (SSSR count). The summed E-state index contributed by atoms with van der Waals surface area (Å²) in [6.45, 7) is 9.47. The van der Waals surface area contributed by atoms with Crippen molar-refractivity contribution >= 4 is 29.5 Å². The van der Waals surface area contributed by atoms with Crippen LogP contribution in [0.25, 0.3) is 0 Å². The molecular formula is C16H25N5O2S. The van der Waals surface area contributed by atoms with Crippen LogP contribution in [0.1, 0.15) is 23.0 Å². The molecule has 0 amide bonds. The Balaban J connectivity index is 1.98. The van der Waals surface area contributed by atoms with Crippen molar-refractivity contribution in [3.8, 4) is 0 Å². The molecular weight excluding hydrogens is 326 g/mol. The maximum Gasteiger partial charge on any atom is 0.343 e. The van der Waals surface area contributed by atoms with Gasteiger partial charge in [-0.2, -0.15) is 16.7 Å². The van der Waals surface area contributed by atoms with E-state index >= 15 is 0 Å². The number of nitrogens with zero attached hydrogens (tertiary/aromatic N) is 4. The number of carbonyl (C=O) groups excluding carboxylic acids is 1. The number of hydrogen-bond acceptors (Lipinski definition) is 8. The molecule has 24 heavy (non-hydrogen) atoms. The highest BCUT2D eigenvalue weighted by Crippen LogP contribution is 2.27. The fraction of sp³-hybridized carbons (Fsp3) is 0.688. The van der Waals surface area contributed by atoms with E-state index in [-0.39, 0.29) is 5.97 Å². The molecule has 2 fully saturated rings. The van der Waals surface area contributed by atoms with Crippen molar-refractivity contribution in [3.63, 3.8) is 0 Å². The quantitative estimate of drug-likeness (QED) is 0.803. The predicted molar refractivity (Wildman–Crippen MR) is 97.3 cm³/mol. The van der Waals surface area contributed by atoms with Crippen molar-refractivity contribution in [1.29, 1.82) is 0 Å². The summed E-state index contributed by atoms with van der Waals surface area (Å²) in [7, 11) is 0. The van der Waals surface area contributed by atoms with Gasteiger partial charge in [-0.15, -0.1) is 0 Å². The average Bonchev–Trinajstić information content (AvgIpc) is 2.62. The Hall–Kier alpha value is -1.54. The van der Waals surface area contributed by atoms with Crippen molar-refractivity contribution in [2.45, 2.75) is 13.8 Å². The number of esters is 1. The molecule has 2 saturated heterocycles. The molecule has 0 aromatic carbocycles. The number of aryl methyl sites for hydroxylation is 1. The second kappa shape index (κ2) is 8.02. The maximum absolute atomic E-state index is 12.5. The van der Waals surface area contributed by atoms with Gasteiger partial charge in [-0.1, -0.05) is 0 Å². The van der Waals surface area contributed by atoms with Crippen LogP contribution in [0.2, 0.25) is 0 Å². The zero-order valence-electron chi connectivity index (χ0n) is 14.4. The number of ether oxygens (including phenoxy) is 1. The van der Waals surface area contributed by atoms with E-state index in [0.29, 0.717) is 17.9 Å². The maximum atomic E-state index is 12.5. The number of anilines is 2. The highest BCUT2D eigenvalue weighted by molar-refractivity contribution is 7.99. The summed E-state index contributed by atoms with van der Waals surface area (Å²) in [5.41, 5.74) is 1.22. The molecule has 0 atom stereocenters. The first kappa shape index (κ1) is 17.3. The van der Waals surface area contributed by atoms with Crippen LogP contribution in [0.5, 0.6) is 0 Å². The minimum absolute atomic E-state index is 0.324. The summed E-state index contributed by atoms with van der Waals surface area (Å²) in [6, 6.07) is 0. The second-order valence-corrected chi connectivity index (χ2v) is 7.09. The molecule has 0 radical (unpaired) electrons. The molecule has 1 aromatic heterocycles. The third-order valence-electron chi connectivity index (χ3n) is 4.25. The van der Waals surface area contributed by atoms with Gasteiger partial charge in [0.2, 0.25) is 5.95 Å². The molecule has 3 heterocycles. The molecule has 2 aliphatic rings. The number of carbonyl (C=O) groups is 1. The SMILES string of the molecule is CCOC(=O)c1c(C)nc(N2CCNCC2)nc1N1CCSCC1. The number of hydrogen-bond donors (Lipinski definition) is 1. The topological polar surface area (TPSA) is 70.6 Å². The van der Waals surface area contributed by atoms with Gasteiger partial charge in [0.1, 0.15) is 11.4 Å². The molecule has 132 valence electrons. The number of aromatic nitrogens is 2. The van der Waals surface area contributed by atoms with Gasteiger partial charge < -0.3 is 19.9 Å². The highest BCUT2D eigenvalue weighted by atomic mass is 32.2. The van der Waals surface area contributed by atoms with Crippen LogP contribution in [-0.2, 0) is 4.74 Å². The van der Waals surface area contributed by atoms with Gasteiger partial charge in [-0.3, -0.25) is 0 Å². The molecule has 0 aliphatic carbocycles. The summed E-state index contributed by atoms with van der Waals surface area (Å²) in [5, 5.41) is 3.34. The molecule has 0 unspecified atom stereocenters. The van der Waals surface area contributed by atoms with Crippen molar-refractivity contribution in [3.05, 3.63) is 11.3 Å². The van der Waals surface area contributed by atoms with Gasteiger partial charge in [0.05, 0.1) is 12.3 Å². The lowest BCUT2D eigenvalue weighted by Crippen LogP contribution is -2.44. The van der Waals surface area contributed by atoms with E-state index in [1.807, 2.05) is 25.6 Å². The third-order valence-corrected chi connectivity index (χ3v) is 5.19. The van der Waals surface area contributed by atoms with Gasteiger partial charge in [0.15, 0.2) is 0 Å². The number of thioether (sulfide) groups is 1. The van der Waals surface area contributed by atoms with Gasteiger partial charge >= 0.3 is 5.97 Å². The monoisotopic (exact) mass is 351 g/mol. The van der Waals surface area contributed by atoms with Gasteiger partial charge in [0.25, 0.3) is 0 Å². The first-order valence-electron chi connectivity index (χ1n) is 8.55. The number of nitrogens with one attached hydrogen (secondary N) is 1. The van der Waals surface area contributed by atoms with Crippen LogP contribution in [0.3, 0.4) is 0 Å². The van der Waals surface area contributed by atoms with Crippen LogP contribution in [0.15, 0.2) is 0 Å². The normalized spacial score (nSPS) is 18.6. The Morgan fingerprint density at radius 1 is 1.17 bits per heavy atom. The van der Waals surface area contributed by atoms with Crippen LogP contribution >= 0.6 is 11.8 Å². The molecule has 1 aromatic rings. The summed E-state index contributed by atoms with van der Waals surface area (Å²) in [5.74, 6) is 3.22. The Morgan fingerprint density at radius 2 is 1.88 bits per heavy atom. The second-order valence-electron chi connectivity index (χ2n) is 5.86. The lowest BCUT2D eigenvalue weighted by atomic mass is 10.2. The smallest absolute Gasteiger partial charge is 0.343 e. The largest absolute Gasteiger partial charge is 0.462 e. The Bertz CT molecular complexity index is 586. The zero-order valence-corrected chi connectivity index (χ0v) is 15.2. The van der Waals surface area contributed by atoms with Crippen molar-refractivity contribution in [2.75, 3.05) is 67.2 Å². The number of piperazine rings is 1. The molecule has 1 N–H and O–H groups in total. The van der Waals surface area contributed by atoms with E-state index in [1.165, 1.54) is 0 Å². The molecule has 2 aliphatic heterocycles. The van der Waals surface area contributed by atoms with E-state index in [9.17, 15) is 4.79 Å². The van der Waals surface area contributed by atoms with E-state index in [0.717, 1.165) is 62.5 Å². The van der Waals surface area contributed by atoms with Crippen LogP contribution in [0.4, 0.5) is 11.8 Å². The Kier molecular flexibility index (Phi) is 5.78. The highest BCUT2D eigenvalue weighted by Gasteiger charge is 2.26. The molecule has 7 nitrogen and oxygen atoms in total. The van der Waals surface area contributed by atoms with E-state index < -0.39 is 0 Å². The minimum Gasteiger partial charge on any atom is -0.462 e. The molecule has 0 saturated carbocycles. The van der Waals surface area contributed by atoms with E-state index in [2.05, 4.69) is 20.1 Å².